The van der Waals surface area contributed by atoms with Crippen LogP contribution in [0.5, 0.6) is 0 Å². The van der Waals surface area contributed by atoms with Gasteiger partial charge in [-0.05, 0) is 32.0 Å². The maximum absolute atomic E-state index is 12.5. The largest absolute Gasteiger partial charge is 0.465 e. The Balaban J connectivity index is 2.37. The Morgan fingerprint density at radius 3 is 2.08 bits per heavy atom. The van der Waals surface area contributed by atoms with E-state index in [0.29, 0.717) is 12.1 Å². The SMILES string of the molecule is CCn1ncc(C(=O)Nc2cc(C(=O)OC)cc(C(=O)OC)c2)c1C. The number of esters is 2. The van der Waals surface area contributed by atoms with Gasteiger partial charge in [0.15, 0.2) is 0 Å². The quantitative estimate of drug-likeness (QED) is 0.833. The van der Waals surface area contributed by atoms with Crippen molar-refractivity contribution >= 4 is 23.5 Å². The second-order valence-corrected chi connectivity index (χ2v) is 5.20. The number of nitrogens with one attached hydrogen (secondary N) is 1. The lowest BCUT2D eigenvalue weighted by Crippen LogP contribution is -2.15. The van der Waals surface area contributed by atoms with Crippen LogP contribution in [0.4, 0.5) is 5.69 Å². The molecule has 2 aromatic rings. The van der Waals surface area contributed by atoms with Crippen LogP contribution in [-0.2, 0) is 16.0 Å². The summed E-state index contributed by atoms with van der Waals surface area (Å²) in [6.07, 6.45) is 1.47. The fourth-order valence-electron chi connectivity index (χ4n) is 2.36. The Kier molecular flexibility index (Phi) is 5.53. The molecule has 1 aromatic carbocycles. The number of hydrogen-bond acceptors (Lipinski definition) is 6. The summed E-state index contributed by atoms with van der Waals surface area (Å²) in [5.74, 6) is -1.65. The molecule has 8 heteroatoms. The summed E-state index contributed by atoms with van der Waals surface area (Å²) in [7, 11) is 2.46. The number of carbonyl (C=O) groups is 3. The summed E-state index contributed by atoms with van der Waals surface area (Å²) >= 11 is 0. The molecule has 0 spiro atoms. The van der Waals surface area contributed by atoms with E-state index in [1.165, 1.54) is 38.6 Å². The molecule has 0 aliphatic heterocycles. The first-order chi connectivity index (χ1) is 11.9. The third-order valence-electron chi connectivity index (χ3n) is 3.68. The Bertz CT molecular complexity index is 791. The standard InChI is InChI=1S/C17H19N3O5/c1-5-20-10(2)14(9-18-20)15(21)19-13-7-11(16(22)24-3)6-12(8-13)17(23)25-4/h6-9H,5H2,1-4H3,(H,19,21). The number of ether oxygens (including phenoxy) is 2. The summed E-state index contributed by atoms with van der Waals surface area (Å²) in [6, 6.07) is 4.19. The normalized spacial score (nSPS) is 10.2. The molecule has 0 radical (unpaired) electrons. The highest BCUT2D eigenvalue weighted by atomic mass is 16.5. The second kappa shape index (κ2) is 7.61. The maximum Gasteiger partial charge on any atom is 0.337 e. The van der Waals surface area contributed by atoms with Crippen LogP contribution in [0.15, 0.2) is 24.4 Å². The van der Waals surface area contributed by atoms with E-state index in [1.54, 1.807) is 11.6 Å². The highest BCUT2D eigenvalue weighted by molar-refractivity contribution is 6.06. The number of nitrogens with zero attached hydrogens (tertiary/aromatic N) is 2. The Morgan fingerprint density at radius 2 is 1.64 bits per heavy atom. The van der Waals surface area contributed by atoms with Crippen molar-refractivity contribution in [3.05, 3.63) is 46.8 Å². The van der Waals surface area contributed by atoms with Gasteiger partial charge in [-0.15, -0.1) is 0 Å². The van der Waals surface area contributed by atoms with Gasteiger partial charge in [-0.25, -0.2) is 9.59 Å². The molecule has 0 aliphatic rings. The first-order valence-electron chi connectivity index (χ1n) is 7.56. The molecule has 2 rings (SSSR count). The van der Waals surface area contributed by atoms with Gasteiger partial charge >= 0.3 is 11.9 Å². The van der Waals surface area contributed by atoms with Crippen molar-refractivity contribution in [2.75, 3.05) is 19.5 Å². The van der Waals surface area contributed by atoms with Crippen molar-refractivity contribution in [1.82, 2.24) is 9.78 Å². The summed E-state index contributed by atoms with van der Waals surface area (Å²) in [4.78, 5) is 36.0. The molecule has 0 fully saturated rings. The Morgan fingerprint density at radius 1 is 1.08 bits per heavy atom. The van der Waals surface area contributed by atoms with E-state index in [9.17, 15) is 14.4 Å². The van der Waals surface area contributed by atoms with Crippen LogP contribution in [-0.4, -0.2) is 41.8 Å². The lowest BCUT2D eigenvalue weighted by molar-refractivity contribution is 0.0599. The maximum atomic E-state index is 12.5. The lowest BCUT2D eigenvalue weighted by atomic mass is 10.1. The van der Waals surface area contributed by atoms with E-state index in [-0.39, 0.29) is 16.8 Å². The molecule has 8 nitrogen and oxygen atoms in total. The van der Waals surface area contributed by atoms with Gasteiger partial charge in [0, 0.05) is 17.9 Å². The molecule has 0 saturated heterocycles. The van der Waals surface area contributed by atoms with Crippen LogP contribution in [0.3, 0.4) is 0 Å². The van der Waals surface area contributed by atoms with E-state index in [2.05, 4.69) is 19.9 Å². The number of anilines is 1. The molecule has 1 heterocycles. The van der Waals surface area contributed by atoms with Gasteiger partial charge in [-0.3, -0.25) is 9.48 Å². The van der Waals surface area contributed by atoms with Crippen molar-refractivity contribution < 1.29 is 23.9 Å². The van der Waals surface area contributed by atoms with Gasteiger partial charge in [-0.2, -0.15) is 5.10 Å². The molecule has 0 aliphatic carbocycles. The van der Waals surface area contributed by atoms with Crippen molar-refractivity contribution in [2.45, 2.75) is 20.4 Å². The molecule has 0 atom stereocenters. The highest BCUT2D eigenvalue weighted by Crippen LogP contribution is 2.19. The highest BCUT2D eigenvalue weighted by Gasteiger charge is 2.17. The number of hydrogen-bond donors (Lipinski definition) is 1. The summed E-state index contributed by atoms with van der Waals surface area (Å²) < 4.78 is 11.0. The zero-order valence-electron chi connectivity index (χ0n) is 14.5. The molecule has 25 heavy (non-hydrogen) atoms. The molecule has 0 saturated carbocycles. The average Bonchev–Trinajstić information content (AvgIpc) is 3.00. The van der Waals surface area contributed by atoms with Crippen molar-refractivity contribution in [3.63, 3.8) is 0 Å². The van der Waals surface area contributed by atoms with E-state index < -0.39 is 17.8 Å². The van der Waals surface area contributed by atoms with E-state index >= 15 is 0 Å². The van der Waals surface area contributed by atoms with Crippen LogP contribution >= 0.6 is 0 Å². The smallest absolute Gasteiger partial charge is 0.337 e. The molecule has 132 valence electrons. The van der Waals surface area contributed by atoms with Crippen LogP contribution in [0.25, 0.3) is 0 Å². The lowest BCUT2D eigenvalue weighted by Gasteiger charge is -2.09. The third-order valence-corrected chi connectivity index (χ3v) is 3.68. The molecule has 1 N–H and O–H groups in total. The van der Waals surface area contributed by atoms with Crippen molar-refractivity contribution in [2.24, 2.45) is 0 Å². The van der Waals surface area contributed by atoms with Gasteiger partial charge in [0.2, 0.25) is 0 Å². The number of aromatic nitrogens is 2. The third kappa shape index (κ3) is 3.85. The van der Waals surface area contributed by atoms with Gasteiger partial charge in [-0.1, -0.05) is 0 Å². The molecular formula is C17H19N3O5. The first kappa shape index (κ1) is 18.2. The predicted molar refractivity (Wildman–Crippen MR) is 89.7 cm³/mol. The van der Waals surface area contributed by atoms with Crippen LogP contribution in [0, 0.1) is 6.92 Å². The number of aryl methyl sites for hydroxylation is 1. The fraction of sp³-hybridized carbons (Fsp3) is 0.294. The van der Waals surface area contributed by atoms with Gasteiger partial charge in [0.05, 0.1) is 37.1 Å². The molecule has 1 amide bonds. The minimum Gasteiger partial charge on any atom is -0.465 e. The fourth-order valence-corrected chi connectivity index (χ4v) is 2.36. The van der Waals surface area contributed by atoms with Gasteiger partial charge < -0.3 is 14.8 Å². The Hall–Kier alpha value is -3.16. The van der Waals surface area contributed by atoms with Gasteiger partial charge in [0.25, 0.3) is 5.91 Å². The van der Waals surface area contributed by atoms with Crippen molar-refractivity contribution in [3.8, 4) is 0 Å². The zero-order valence-corrected chi connectivity index (χ0v) is 14.5. The summed E-state index contributed by atoms with van der Waals surface area (Å²) in [5, 5.41) is 6.79. The van der Waals surface area contributed by atoms with Crippen LogP contribution in [0.2, 0.25) is 0 Å². The second-order valence-electron chi connectivity index (χ2n) is 5.20. The average molecular weight is 345 g/mol. The number of rotatable bonds is 5. The van der Waals surface area contributed by atoms with Crippen molar-refractivity contribution in [1.29, 1.82) is 0 Å². The zero-order chi connectivity index (χ0) is 18.6. The van der Waals surface area contributed by atoms with Crippen LogP contribution in [0.1, 0.15) is 43.7 Å². The number of benzene rings is 1. The summed E-state index contributed by atoms with van der Waals surface area (Å²) in [5.41, 5.74) is 1.66. The van der Waals surface area contributed by atoms with E-state index in [1.807, 2.05) is 6.92 Å². The molecule has 0 unspecified atom stereocenters. The molecule has 1 aromatic heterocycles. The number of methoxy groups -OCH3 is 2. The van der Waals surface area contributed by atoms with Gasteiger partial charge in [0.1, 0.15) is 0 Å². The summed E-state index contributed by atoms with van der Waals surface area (Å²) in [6.45, 7) is 4.35. The van der Waals surface area contributed by atoms with Crippen LogP contribution < -0.4 is 5.32 Å². The number of amides is 1. The van der Waals surface area contributed by atoms with E-state index in [4.69, 9.17) is 0 Å². The molecule has 0 bridgehead atoms. The minimum atomic E-state index is -0.628. The predicted octanol–water partition coefficient (Wildman–Crippen LogP) is 2.04. The molecular weight excluding hydrogens is 326 g/mol. The minimum absolute atomic E-state index is 0.127. The Labute approximate surface area is 144 Å². The topological polar surface area (TPSA) is 99.5 Å². The van der Waals surface area contributed by atoms with E-state index in [0.717, 1.165) is 5.69 Å². The number of carbonyl (C=O) groups excluding carboxylic acids is 3. The first-order valence-corrected chi connectivity index (χ1v) is 7.56. The monoisotopic (exact) mass is 345 g/mol.